The summed E-state index contributed by atoms with van der Waals surface area (Å²) in [6.45, 7) is -0.576. The van der Waals surface area contributed by atoms with Crippen LogP contribution >= 0.6 is 0 Å². The molecule has 5 atom stereocenters. The van der Waals surface area contributed by atoms with Gasteiger partial charge in [0.15, 0.2) is 11.5 Å². The van der Waals surface area contributed by atoms with Gasteiger partial charge in [-0.15, -0.1) is 0 Å². The number of carbonyl (C=O) groups excluding carboxylic acids is 1. The van der Waals surface area contributed by atoms with Crippen LogP contribution in [0.15, 0.2) is 42.5 Å². The molecule has 6 N–H and O–H groups in total. The van der Waals surface area contributed by atoms with Crippen molar-refractivity contribution < 1.29 is 49.6 Å². The van der Waals surface area contributed by atoms with Crippen molar-refractivity contribution >= 4 is 5.97 Å². The van der Waals surface area contributed by atoms with E-state index in [1.165, 1.54) is 36.4 Å². The highest BCUT2D eigenvalue weighted by Gasteiger charge is 2.45. The number of aromatic hydroxyl groups is 2. The lowest BCUT2D eigenvalue weighted by atomic mass is 9.99. The monoisotopic (exact) mass is 436 g/mol. The maximum absolute atomic E-state index is 12.1. The number of hydrogen-bond donors (Lipinski definition) is 6. The van der Waals surface area contributed by atoms with Crippen LogP contribution in [0, 0.1) is 0 Å². The van der Waals surface area contributed by atoms with Gasteiger partial charge in [0.25, 0.3) is 0 Å². The molecule has 0 amide bonds. The van der Waals surface area contributed by atoms with Crippen molar-refractivity contribution in [2.45, 2.75) is 37.1 Å². The number of ether oxygens (including phenoxy) is 3. The second kappa shape index (κ2) is 9.94. The first-order chi connectivity index (χ1) is 14.8. The molecule has 31 heavy (non-hydrogen) atoms. The summed E-state index contributed by atoms with van der Waals surface area (Å²) in [5.74, 6) is -1.08. The Morgan fingerprint density at radius 2 is 1.68 bits per heavy atom. The SMILES string of the molecule is O=C(OC[C@H]1O[C@@H](Oc2cc(CCO)ccc2O)[C@H](O)[C@@H](O)[C@@H]1O)c1ccc(O)cc1. The van der Waals surface area contributed by atoms with Gasteiger partial charge in [0.2, 0.25) is 6.29 Å². The molecular formula is C21H24O10. The number of hydrogen-bond acceptors (Lipinski definition) is 10. The van der Waals surface area contributed by atoms with Gasteiger partial charge in [-0.05, 0) is 48.4 Å². The van der Waals surface area contributed by atoms with Gasteiger partial charge in [0.05, 0.1) is 5.56 Å². The number of phenols is 2. The smallest absolute Gasteiger partial charge is 0.338 e. The Kier molecular flexibility index (Phi) is 7.31. The average molecular weight is 436 g/mol. The average Bonchev–Trinajstić information content (AvgIpc) is 2.76. The number of aliphatic hydroxyl groups excluding tert-OH is 4. The molecule has 0 saturated carbocycles. The molecule has 0 aliphatic carbocycles. The summed E-state index contributed by atoms with van der Waals surface area (Å²) in [5, 5.41) is 58.9. The fourth-order valence-corrected chi connectivity index (χ4v) is 3.05. The first kappa shape index (κ1) is 22.8. The van der Waals surface area contributed by atoms with Crippen LogP contribution in [0.1, 0.15) is 15.9 Å². The van der Waals surface area contributed by atoms with E-state index in [4.69, 9.17) is 19.3 Å². The van der Waals surface area contributed by atoms with E-state index in [1.807, 2.05) is 0 Å². The second-order valence-corrected chi connectivity index (χ2v) is 7.05. The topological polar surface area (TPSA) is 166 Å². The molecule has 168 valence electrons. The van der Waals surface area contributed by atoms with Gasteiger partial charge in [0, 0.05) is 6.61 Å². The lowest BCUT2D eigenvalue weighted by Gasteiger charge is -2.40. The predicted molar refractivity (Wildman–Crippen MR) is 105 cm³/mol. The summed E-state index contributed by atoms with van der Waals surface area (Å²) in [7, 11) is 0. The maximum Gasteiger partial charge on any atom is 0.338 e. The molecule has 2 aromatic carbocycles. The third-order valence-electron chi connectivity index (χ3n) is 4.82. The highest BCUT2D eigenvalue weighted by atomic mass is 16.7. The van der Waals surface area contributed by atoms with Crippen LogP contribution in [0.5, 0.6) is 17.2 Å². The Morgan fingerprint density at radius 1 is 0.968 bits per heavy atom. The Balaban J connectivity index is 1.68. The molecule has 1 saturated heterocycles. The number of esters is 1. The summed E-state index contributed by atoms with van der Waals surface area (Å²) < 4.78 is 16.1. The third-order valence-corrected chi connectivity index (χ3v) is 4.82. The van der Waals surface area contributed by atoms with E-state index in [0.717, 1.165) is 0 Å². The van der Waals surface area contributed by atoms with Crippen LogP contribution in [0.3, 0.4) is 0 Å². The minimum atomic E-state index is -1.67. The van der Waals surface area contributed by atoms with Crippen molar-refractivity contribution in [2.24, 2.45) is 0 Å². The minimum absolute atomic E-state index is 0.0222. The van der Waals surface area contributed by atoms with Crippen LogP contribution in [0.2, 0.25) is 0 Å². The first-order valence-corrected chi connectivity index (χ1v) is 9.55. The van der Waals surface area contributed by atoms with Crippen molar-refractivity contribution in [1.82, 2.24) is 0 Å². The molecule has 1 aliphatic rings. The Labute approximate surface area is 177 Å². The van der Waals surface area contributed by atoms with E-state index in [-0.39, 0.29) is 29.4 Å². The highest BCUT2D eigenvalue weighted by Crippen LogP contribution is 2.31. The molecule has 0 bridgehead atoms. The summed E-state index contributed by atoms with van der Waals surface area (Å²) >= 11 is 0. The van der Waals surface area contributed by atoms with Gasteiger partial charge in [-0.1, -0.05) is 6.07 Å². The normalized spacial score (nSPS) is 25.7. The molecule has 10 heteroatoms. The zero-order valence-electron chi connectivity index (χ0n) is 16.4. The number of benzene rings is 2. The summed E-state index contributed by atoms with van der Waals surface area (Å²) in [5.41, 5.74) is 0.808. The van der Waals surface area contributed by atoms with Crippen molar-refractivity contribution in [1.29, 1.82) is 0 Å². The Bertz CT molecular complexity index is 884. The lowest BCUT2D eigenvalue weighted by Crippen LogP contribution is -2.60. The fourth-order valence-electron chi connectivity index (χ4n) is 3.05. The van der Waals surface area contributed by atoms with Gasteiger partial charge in [0.1, 0.15) is 36.8 Å². The molecule has 1 heterocycles. The molecule has 2 aromatic rings. The number of phenolic OH excluding ortho intramolecular Hbond substituents is 2. The van der Waals surface area contributed by atoms with E-state index in [1.54, 1.807) is 6.07 Å². The zero-order valence-corrected chi connectivity index (χ0v) is 16.4. The molecule has 0 spiro atoms. The van der Waals surface area contributed by atoms with Gasteiger partial charge in [-0.25, -0.2) is 4.79 Å². The molecular weight excluding hydrogens is 412 g/mol. The van der Waals surface area contributed by atoms with Gasteiger partial charge >= 0.3 is 5.97 Å². The highest BCUT2D eigenvalue weighted by molar-refractivity contribution is 5.89. The summed E-state index contributed by atoms with van der Waals surface area (Å²) in [6.07, 6.45) is -7.30. The molecule has 3 rings (SSSR count). The molecule has 0 radical (unpaired) electrons. The second-order valence-electron chi connectivity index (χ2n) is 7.05. The van der Waals surface area contributed by atoms with E-state index in [2.05, 4.69) is 0 Å². The van der Waals surface area contributed by atoms with Crippen molar-refractivity contribution in [3.63, 3.8) is 0 Å². The first-order valence-electron chi connectivity index (χ1n) is 9.55. The molecule has 0 aromatic heterocycles. The molecule has 0 unspecified atom stereocenters. The van der Waals surface area contributed by atoms with Crippen molar-refractivity contribution in [2.75, 3.05) is 13.2 Å². The number of carbonyl (C=O) groups is 1. The molecule has 1 fully saturated rings. The van der Waals surface area contributed by atoms with Crippen molar-refractivity contribution in [3.8, 4) is 17.2 Å². The summed E-state index contributed by atoms with van der Waals surface area (Å²) in [4.78, 5) is 12.1. The van der Waals surface area contributed by atoms with E-state index in [0.29, 0.717) is 12.0 Å². The predicted octanol–water partition coefficient (Wildman–Crippen LogP) is -0.324. The largest absolute Gasteiger partial charge is 0.508 e. The minimum Gasteiger partial charge on any atom is -0.508 e. The Hall–Kier alpha value is -2.89. The zero-order chi connectivity index (χ0) is 22.5. The summed E-state index contributed by atoms with van der Waals surface area (Å²) in [6, 6.07) is 9.69. The van der Waals surface area contributed by atoms with Crippen LogP contribution in [0.4, 0.5) is 0 Å². The van der Waals surface area contributed by atoms with Crippen LogP contribution in [-0.2, 0) is 15.9 Å². The van der Waals surface area contributed by atoms with Crippen LogP contribution < -0.4 is 4.74 Å². The van der Waals surface area contributed by atoms with E-state index >= 15 is 0 Å². The van der Waals surface area contributed by atoms with Crippen molar-refractivity contribution in [3.05, 3.63) is 53.6 Å². The van der Waals surface area contributed by atoms with Gasteiger partial charge < -0.3 is 44.8 Å². The quantitative estimate of drug-likeness (QED) is 0.317. The third kappa shape index (κ3) is 5.43. The molecule has 1 aliphatic heterocycles. The maximum atomic E-state index is 12.1. The Morgan fingerprint density at radius 3 is 2.35 bits per heavy atom. The van der Waals surface area contributed by atoms with Gasteiger partial charge in [-0.2, -0.15) is 0 Å². The fraction of sp³-hybridized carbons (Fsp3) is 0.381. The molecule has 10 nitrogen and oxygen atoms in total. The standard InChI is InChI=1S/C21H24O10/c22-8-7-11-1-6-14(24)15(9-11)30-21-19(27)18(26)17(25)16(31-21)10-29-20(28)12-2-4-13(23)5-3-12/h1-6,9,16-19,21-27H,7-8,10H2/t16-,17-,18+,19-,21-/m1/s1. The van der Waals surface area contributed by atoms with Crippen LogP contribution in [0.25, 0.3) is 0 Å². The lowest BCUT2D eigenvalue weighted by molar-refractivity contribution is -0.277. The number of aliphatic hydroxyl groups is 4. The van der Waals surface area contributed by atoms with E-state index < -0.39 is 43.3 Å². The van der Waals surface area contributed by atoms with Crippen LogP contribution in [-0.4, -0.2) is 80.5 Å². The van der Waals surface area contributed by atoms with Gasteiger partial charge in [-0.3, -0.25) is 0 Å². The van der Waals surface area contributed by atoms with E-state index in [9.17, 15) is 30.3 Å². The number of rotatable bonds is 7.